The van der Waals surface area contributed by atoms with Gasteiger partial charge in [0.15, 0.2) is 11.5 Å². The van der Waals surface area contributed by atoms with Crippen molar-refractivity contribution in [2.24, 2.45) is 11.7 Å². The van der Waals surface area contributed by atoms with Crippen LogP contribution >= 0.6 is 0 Å². The molecule has 0 heterocycles. The fourth-order valence-electron chi connectivity index (χ4n) is 3.03. The van der Waals surface area contributed by atoms with E-state index >= 15 is 0 Å². The van der Waals surface area contributed by atoms with Crippen LogP contribution in [0.4, 0.5) is 0 Å². The first-order valence-electron chi connectivity index (χ1n) is 7.81. The summed E-state index contributed by atoms with van der Waals surface area (Å²) in [6, 6.07) is 6.02. The number of nitrogens with two attached hydrogens (primary N) is 1. The Morgan fingerprint density at radius 1 is 1.10 bits per heavy atom. The molecule has 2 unspecified atom stereocenters. The predicted molar refractivity (Wildman–Crippen MR) is 84.0 cm³/mol. The third kappa shape index (κ3) is 4.35. The average molecular weight is 293 g/mol. The Morgan fingerprint density at radius 3 is 2.57 bits per heavy atom. The highest BCUT2D eigenvalue weighted by molar-refractivity contribution is 5.42. The molecule has 1 aliphatic rings. The van der Waals surface area contributed by atoms with Crippen molar-refractivity contribution >= 4 is 0 Å². The highest BCUT2D eigenvalue weighted by Gasteiger charge is 2.24. The van der Waals surface area contributed by atoms with Crippen LogP contribution in [0.25, 0.3) is 0 Å². The van der Waals surface area contributed by atoms with E-state index in [1.807, 2.05) is 12.1 Å². The second kappa shape index (κ2) is 8.25. The monoisotopic (exact) mass is 293 g/mol. The Morgan fingerprint density at radius 2 is 1.86 bits per heavy atom. The summed E-state index contributed by atoms with van der Waals surface area (Å²) in [7, 11) is 3.31. The topological polar surface area (TPSA) is 53.7 Å². The van der Waals surface area contributed by atoms with E-state index in [0.29, 0.717) is 12.0 Å². The first-order chi connectivity index (χ1) is 10.3. The van der Waals surface area contributed by atoms with Crippen molar-refractivity contribution in [1.82, 2.24) is 0 Å². The lowest BCUT2D eigenvalue weighted by molar-refractivity contribution is -0.00635. The van der Waals surface area contributed by atoms with Crippen molar-refractivity contribution in [1.29, 1.82) is 0 Å². The molecule has 0 radical (unpaired) electrons. The molecule has 2 atom stereocenters. The van der Waals surface area contributed by atoms with E-state index in [0.717, 1.165) is 37.5 Å². The Hall–Kier alpha value is -1.26. The first kappa shape index (κ1) is 16.1. The molecule has 1 aromatic rings. The Kier molecular flexibility index (Phi) is 6.33. The van der Waals surface area contributed by atoms with Crippen LogP contribution in [0.3, 0.4) is 0 Å². The van der Waals surface area contributed by atoms with Crippen molar-refractivity contribution in [3.8, 4) is 11.5 Å². The summed E-state index contributed by atoms with van der Waals surface area (Å²) < 4.78 is 16.6. The quantitative estimate of drug-likeness (QED) is 0.840. The predicted octanol–water partition coefficient (Wildman–Crippen LogP) is 2.78. The molecule has 4 heteroatoms. The smallest absolute Gasteiger partial charge is 0.160 e. The largest absolute Gasteiger partial charge is 0.493 e. The highest BCUT2D eigenvalue weighted by Crippen LogP contribution is 2.28. The zero-order valence-corrected chi connectivity index (χ0v) is 13.1. The van der Waals surface area contributed by atoms with Crippen LogP contribution in [-0.4, -0.2) is 33.5 Å². The third-order valence-electron chi connectivity index (χ3n) is 4.31. The van der Waals surface area contributed by atoms with Crippen molar-refractivity contribution < 1.29 is 14.2 Å². The van der Waals surface area contributed by atoms with Crippen LogP contribution in [0, 0.1) is 5.92 Å². The fourth-order valence-corrected chi connectivity index (χ4v) is 3.03. The number of hydrogen-bond acceptors (Lipinski definition) is 4. The number of methoxy groups -OCH3 is 2. The van der Waals surface area contributed by atoms with Crippen molar-refractivity contribution in [3.63, 3.8) is 0 Å². The fraction of sp³-hybridized carbons (Fsp3) is 0.647. The van der Waals surface area contributed by atoms with Gasteiger partial charge in [0.25, 0.3) is 0 Å². The summed E-state index contributed by atoms with van der Waals surface area (Å²) in [6.45, 7) is 1.47. The molecule has 1 aromatic carbocycles. The standard InChI is InChI=1S/C17H27NO3/c1-19-16-8-7-13(11-17(16)20-2)9-10-21-15-6-4-3-5-14(15)12-18/h7-8,11,14-15H,3-6,9-10,12,18H2,1-2H3. The first-order valence-corrected chi connectivity index (χ1v) is 7.81. The summed E-state index contributed by atoms with van der Waals surface area (Å²) in [5.74, 6) is 2.06. The van der Waals surface area contributed by atoms with Crippen LogP contribution in [0.1, 0.15) is 31.2 Å². The van der Waals surface area contributed by atoms with Crippen molar-refractivity contribution in [2.45, 2.75) is 38.2 Å². The van der Waals surface area contributed by atoms with E-state index in [1.165, 1.54) is 24.8 Å². The third-order valence-corrected chi connectivity index (χ3v) is 4.31. The molecule has 0 aliphatic heterocycles. The molecular weight excluding hydrogens is 266 g/mol. The van der Waals surface area contributed by atoms with E-state index in [1.54, 1.807) is 14.2 Å². The van der Waals surface area contributed by atoms with Gasteiger partial charge in [0.1, 0.15) is 0 Å². The summed E-state index contributed by atoms with van der Waals surface area (Å²) in [4.78, 5) is 0. The average Bonchev–Trinajstić information content (AvgIpc) is 2.55. The van der Waals surface area contributed by atoms with E-state index < -0.39 is 0 Å². The molecule has 0 amide bonds. The maximum atomic E-state index is 6.07. The minimum absolute atomic E-state index is 0.337. The lowest BCUT2D eigenvalue weighted by atomic mass is 9.86. The summed E-state index contributed by atoms with van der Waals surface area (Å²) in [6.07, 6.45) is 6.12. The van der Waals surface area contributed by atoms with Gasteiger partial charge in [-0.2, -0.15) is 0 Å². The van der Waals surface area contributed by atoms with Gasteiger partial charge < -0.3 is 19.9 Å². The van der Waals surface area contributed by atoms with Gasteiger partial charge in [-0.1, -0.05) is 18.9 Å². The second-order valence-corrected chi connectivity index (χ2v) is 5.63. The molecule has 0 spiro atoms. The number of ether oxygens (including phenoxy) is 3. The van der Waals surface area contributed by atoms with E-state index in [2.05, 4.69) is 6.07 Å². The molecular formula is C17H27NO3. The summed E-state index contributed by atoms with van der Waals surface area (Å²) >= 11 is 0. The number of hydrogen-bond donors (Lipinski definition) is 1. The number of rotatable bonds is 7. The van der Waals surface area contributed by atoms with Crippen molar-refractivity contribution in [2.75, 3.05) is 27.4 Å². The van der Waals surface area contributed by atoms with E-state index in [9.17, 15) is 0 Å². The summed E-state index contributed by atoms with van der Waals surface area (Å²) in [5.41, 5.74) is 7.04. The van der Waals surface area contributed by atoms with Gasteiger partial charge in [0.2, 0.25) is 0 Å². The Balaban J connectivity index is 1.85. The van der Waals surface area contributed by atoms with Crippen LogP contribution in [-0.2, 0) is 11.2 Å². The van der Waals surface area contributed by atoms with Crippen LogP contribution < -0.4 is 15.2 Å². The molecule has 4 nitrogen and oxygen atoms in total. The minimum atomic E-state index is 0.337. The van der Waals surface area contributed by atoms with Crippen LogP contribution in [0.15, 0.2) is 18.2 Å². The van der Waals surface area contributed by atoms with Gasteiger partial charge in [-0.25, -0.2) is 0 Å². The molecule has 0 bridgehead atoms. The van der Waals surface area contributed by atoms with Gasteiger partial charge in [-0.15, -0.1) is 0 Å². The maximum Gasteiger partial charge on any atom is 0.160 e. The molecule has 21 heavy (non-hydrogen) atoms. The van der Waals surface area contributed by atoms with Crippen LogP contribution in [0.2, 0.25) is 0 Å². The van der Waals surface area contributed by atoms with Gasteiger partial charge in [-0.05, 0) is 49.4 Å². The molecule has 1 saturated carbocycles. The van der Waals surface area contributed by atoms with E-state index in [4.69, 9.17) is 19.9 Å². The number of benzene rings is 1. The SMILES string of the molecule is COc1ccc(CCOC2CCCCC2CN)cc1OC. The van der Waals surface area contributed by atoms with Crippen LogP contribution in [0.5, 0.6) is 11.5 Å². The zero-order valence-electron chi connectivity index (χ0n) is 13.1. The van der Waals surface area contributed by atoms with Gasteiger partial charge in [0, 0.05) is 0 Å². The van der Waals surface area contributed by atoms with Crippen molar-refractivity contribution in [3.05, 3.63) is 23.8 Å². The normalized spacial score (nSPS) is 22.0. The molecule has 1 aliphatic carbocycles. The molecule has 2 rings (SSSR count). The Bertz CT molecular complexity index is 436. The molecule has 0 saturated heterocycles. The lowest BCUT2D eigenvalue weighted by Crippen LogP contribution is -2.33. The summed E-state index contributed by atoms with van der Waals surface area (Å²) in [5, 5.41) is 0. The molecule has 1 fully saturated rings. The van der Waals surface area contributed by atoms with E-state index in [-0.39, 0.29) is 0 Å². The zero-order chi connectivity index (χ0) is 15.1. The molecule has 118 valence electrons. The second-order valence-electron chi connectivity index (χ2n) is 5.63. The van der Waals surface area contributed by atoms with Gasteiger partial charge >= 0.3 is 0 Å². The molecule has 0 aromatic heterocycles. The lowest BCUT2D eigenvalue weighted by Gasteiger charge is -2.30. The molecule has 2 N–H and O–H groups in total. The Labute approximate surface area is 127 Å². The highest BCUT2D eigenvalue weighted by atomic mass is 16.5. The minimum Gasteiger partial charge on any atom is -0.493 e. The van der Waals surface area contributed by atoms with Gasteiger partial charge in [0.05, 0.1) is 26.9 Å². The maximum absolute atomic E-state index is 6.07. The van der Waals surface area contributed by atoms with Gasteiger partial charge in [-0.3, -0.25) is 0 Å².